The van der Waals surface area contributed by atoms with Gasteiger partial charge in [-0.2, -0.15) is 0 Å². The summed E-state index contributed by atoms with van der Waals surface area (Å²) in [6.45, 7) is 10.0. The first-order valence-corrected chi connectivity index (χ1v) is 8.04. The number of rotatable bonds is 6. The minimum atomic E-state index is 0.155. The Balaban J connectivity index is 2.90. The standard InChI is InChI=1S/C16H34N2O/c1-5-14(17)15(16(2,3)4)18(11-12-19)13-9-7-6-8-10-13/h13-15,19H,5-12,17H2,1-4H3. The lowest BCUT2D eigenvalue weighted by Crippen LogP contribution is -2.58. The number of nitrogens with two attached hydrogens (primary N) is 1. The number of aliphatic hydroxyl groups is 1. The van der Waals surface area contributed by atoms with Crippen molar-refractivity contribution in [2.75, 3.05) is 13.2 Å². The van der Waals surface area contributed by atoms with Crippen molar-refractivity contribution in [2.45, 2.75) is 84.3 Å². The van der Waals surface area contributed by atoms with Crippen molar-refractivity contribution in [1.29, 1.82) is 0 Å². The maximum atomic E-state index is 9.45. The lowest BCUT2D eigenvalue weighted by atomic mass is 9.78. The summed E-state index contributed by atoms with van der Waals surface area (Å²) in [5.74, 6) is 0. The Labute approximate surface area is 119 Å². The summed E-state index contributed by atoms with van der Waals surface area (Å²) in [5, 5.41) is 9.45. The zero-order valence-corrected chi connectivity index (χ0v) is 13.4. The molecule has 0 aromatic carbocycles. The van der Waals surface area contributed by atoms with E-state index >= 15 is 0 Å². The van der Waals surface area contributed by atoms with E-state index in [2.05, 4.69) is 32.6 Å². The van der Waals surface area contributed by atoms with Crippen LogP contribution in [0.15, 0.2) is 0 Å². The van der Waals surface area contributed by atoms with Gasteiger partial charge in [-0.1, -0.05) is 47.0 Å². The van der Waals surface area contributed by atoms with Crippen LogP contribution in [0.25, 0.3) is 0 Å². The fraction of sp³-hybridized carbons (Fsp3) is 1.00. The minimum Gasteiger partial charge on any atom is -0.395 e. The van der Waals surface area contributed by atoms with Crippen LogP contribution in [0, 0.1) is 5.41 Å². The summed E-state index contributed by atoms with van der Waals surface area (Å²) in [5.41, 5.74) is 6.57. The summed E-state index contributed by atoms with van der Waals surface area (Å²) >= 11 is 0. The topological polar surface area (TPSA) is 49.5 Å². The third-order valence-electron chi connectivity index (χ3n) is 4.52. The molecular formula is C16H34N2O. The molecule has 3 nitrogen and oxygen atoms in total. The van der Waals surface area contributed by atoms with Gasteiger partial charge in [0.05, 0.1) is 6.61 Å². The third kappa shape index (κ3) is 4.73. The van der Waals surface area contributed by atoms with Crippen molar-refractivity contribution >= 4 is 0 Å². The fourth-order valence-electron chi connectivity index (χ4n) is 3.69. The van der Waals surface area contributed by atoms with Crippen molar-refractivity contribution in [3.05, 3.63) is 0 Å². The van der Waals surface area contributed by atoms with Crippen LogP contribution in [0.1, 0.15) is 66.2 Å². The average molecular weight is 270 g/mol. The van der Waals surface area contributed by atoms with Gasteiger partial charge < -0.3 is 10.8 Å². The van der Waals surface area contributed by atoms with E-state index in [1.807, 2.05) is 0 Å². The van der Waals surface area contributed by atoms with Gasteiger partial charge in [-0.05, 0) is 24.7 Å². The maximum absolute atomic E-state index is 9.45. The quantitative estimate of drug-likeness (QED) is 0.780. The summed E-state index contributed by atoms with van der Waals surface area (Å²) in [4.78, 5) is 2.52. The molecule has 0 radical (unpaired) electrons. The number of aliphatic hydroxyl groups excluding tert-OH is 1. The van der Waals surface area contributed by atoms with E-state index < -0.39 is 0 Å². The van der Waals surface area contributed by atoms with E-state index in [1.165, 1.54) is 32.1 Å². The van der Waals surface area contributed by atoms with E-state index in [9.17, 15) is 5.11 Å². The van der Waals surface area contributed by atoms with E-state index in [0.29, 0.717) is 12.1 Å². The molecule has 0 aromatic rings. The van der Waals surface area contributed by atoms with Crippen LogP contribution in [-0.2, 0) is 0 Å². The smallest absolute Gasteiger partial charge is 0.0558 e. The molecule has 0 saturated heterocycles. The van der Waals surface area contributed by atoms with Crippen molar-refractivity contribution in [3.8, 4) is 0 Å². The van der Waals surface area contributed by atoms with Crippen molar-refractivity contribution in [3.63, 3.8) is 0 Å². The molecule has 0 aliphatic heterocycles. The summed E-state index contributed by atoms with van der Waals surface area (Å²) in [6.07, 6.45) is 7.54. The second kappa shape index (κ2) is 7.61. The first kappa shape index (κ1) is 16.9. The van der Waals surface area contributed by atoms with Gasteiger partial charge in [-0.25, -0.2) is 0 Å². The molecular weight excluding hydrogens is 236 g/mol. The van der Waals surface area contributed by atoms with Crippen molar-refractivity contribution in [1.82, 2.24) is 4.90 Å². The van der Waals surface area contributed by atoms with Gasteiger partial charge in [0.2, 0.25) is 0 Å². The summed E-state index contributed by atoms with van der Waals surface area (Å²) in [7, 11) is 0. The van der Waals surface area contributed by atoms with Crippen molar-refractivity contribution in [2.24, 2.45) is 11.1 Å². The fourth-order valence-corrected chi connectivity index (χ4v) is 3.69. The largest absolute Gasteiger partial charge is 0.395 e. The molecule has 19 heavy (non-hydrogen) atoms. The van der Waals surface area contributed by atoms with Crippen LogP contribution in [0.5, 0.6) is 0 Å². The van der Waals surface area contributed by atoms with Crippen LogP contribution in [0.4, 0.5) is 0 Å². The Morgan fingerprint density at radius 3 is 2.21 bits per heavy atom. The third-order valence-corrected chi connectivity index (χ3v) is 4.52. The molecule has 1 rings (SSSR count). The molecule has 1 aliphatic rings. The van der Waals surface area contributed by atoms with Crippen LogP contribution < -0.4 is 5.73 Å². The second-order valence-corrected chi connectivity index (χ2v) is 7.14. The molecule has 0 bridgehead atoms. The number of nitrogens with zero attached hydrogens (tertiary/aromatic N) is 1. The second-order valence-electron chi connectivity index (χ2n) is 7.14. The van der Waals surface area contributed by atoms with Gasteiger partial charge in [0, 0.05) is 24.7 Å². The van der Waals surface area contributed by atoms with E-state index in [0.717, 1.165) is 13.0 Å². The Bertz CT molecular complexity index is 244. The summed E-state index contributed by atoms with van der Waals surface area (Å²) in [6, 6.07) is 1.16. The van der Waals surface area contributed by atoms with E-state index in [4.69, 9.17) is 5.73 Å². The van der Waals surface area contributed by atoms with Gasteiger partial charge in [0.15, 0.2) is 0 Å². The van der Waals surface area contributed by atoms with Gasteiger partial charge >= 0.3 is 0 Å². The molecule has 1 saturated carbocycles. The van der Waals surface area contributed by atoms with E-state index in [1.54, 1.807) is 0 Å². The van der Waals surface area contributed by atoms with Crippen molar-refractivity contribution < 1.29 is 5.11 Å². The molecule has 3 heteroatoms. The average Bonchev–Trinajstić information content (AvgIpc) is 2.37. The van der Waals surface area contributed by atoms with Gasteiger partial charge in [-0.15, -0.1) is 0 Å². The zero-order valence-electron chi connectivity index (χ0n) is 13.4. The van der Waals surface area contributed by atoms with Crippen LogP contribution >= 0.6 is 0 Å². The molecule has 0 spiro atoms. The van der Waals surface area contributed by atoms with Gasteiger partial charge in [0.1, 0.15) is 0 Å². The minimum absolute atomic E-state index is 0.155. The Morgan fingerprint density at radius 2 is 1.79 bits per heavy atom. The monoisotopic (exact) mass is 270 g/mol. The van der Waals surface area contributed by atoms with Gasteiger partial charge in [-0.3, -0.25) is 4.90 Å². The first-order valence-electron chi connectivity index (χ1n) is 8.04. The highest BCUT2D eigenvalue weighted by atomic mass is 16.3. The Morgan fingerprint density at radius 1 is 1.21 bits per heavy atom. The first-order chi connectivity index (χ1) is 8.91. The molecule has 2 atom stereocenters. The Kier molecular flexibility index (Phi) is 6.78. The normalized spacial score (nSPS) is 21.6. The highest BCUT2D eigenvalue weighted by Crippen LogP contribution is 2.33. The maximum Gasteiger partial charge on any atom is 0.0558 e. The highest BCUT2D eigenvalue weighted by Gasteiger charge is 2.37. The molecule has 0 amide bonds. The molecule has 114 valence electrons. The van der Waals surface area contributed by atoms with Crippen LogP contribution in [-0.4, -0.2) is 41.3 Å². The Hall–Kier alpha value is -0.120. The highest BCUT2D eigenvalue weighted by molar-refractivity contribution is 4.94. The van der Waals surface area contributed by atoms with Gasteiger partial charge in [0.25, 0.3) is 0 Å². The molecule has 3 N–H and O–H groups in total. The predicted octanol–water partition coefficient (Wildman–Crippen LogP) is 2.77. The molecule has 1 fully saturated rings. The molecule has 0 aromatic heterocycles. The van der Waals surface area contributed by atoms with Crippen LogP contribution in [0.2, 0.25) is 0 Å². The SMILES string of the molecule is CCC(N)C(N(CCO)C1CCCCC1)C(C)(C)C. The summed E-state index contributed by atoms with van der Waals surface area (Å²) < 4.78 is 0. The zero-order chi connectivity index (χ0) is 14.5. The van der Waals surface area contributed by atoms with E-state index in [-0.39, 0.29) is 18.1 Å². The molecule has 1 aliphatic carbocycles. The number of hydrogen-bond acceptors (Lipinski definition) is 3. The lowest BCUT2D eigenvalue weighted by molar-refractivity contribution is 0.0132. The molecule has 2 unspecified atom stereocenters. The van der Waals surface area contributed by atoms with Crippen LogP contribution in [0.3, 0.4) is 0 Å². The molecule has 0 heterocycles. The lowest BCUT2D eigenvalue weighted by Gasteiger charge is -2.48. The predicted molar refractivity (Wildman–Crippen MR) is 82.2 cm³/mol. The number of hydrogen-bond donors (Lipinski definition) is 2.